The molecular formula is C19H20N2O5S. The highest BCUT2D eigenvalue weighted by molar-refractivity contribution is 7.88. The van der Waals surface area contributed by atoms with E-state index in [2.05, 4.69) is 0 Å². The molecule has 1 aliphatic heterocycles. The molecule has 2 aromatic carbocycles. The summed E-state index contributed by atoms with van der Waals surface area (Å²) in [6.45, 7) is 0.121. The summed E-state index contributed by atoms with van der Waals surface area (Å²) in [6, 6.07) is 12.9. The van der Waals surface area contributed by atoms with Crippen molar-refractivity contribution < 1.29 is 22.7 Å². The summed E-state index contributed by atoms with van der Waals surface area (Å²) >= 11 is 0. The van der Waals surface area contributed by atoms with Crippen LogP contribution in [-0.2, 0) is 39.1 Å². The van der Waals surface area contributed by atoms with Crippen LogP contribution in [0.3, 0.4) is 0 Å². The Morgan fingerprint density at radius 3 is 2.33 bits per heavy atom. The molecule has 7 nitrogen and oxygen atoms in total. The smallest absolute Gasteiger partial charge is 0.325 e. The predicted octanol–water partition coefficient (Wildman–Crippen LogP) is 1.22. The third-order valence-electron chi connectivity index (χ3n) is 4.52. The molecule has 0 saturated heterocycles. The molecular weight excluding hydrogens is 368 g/mol. The van der Waals surface area contributed by atoms with E-state index in [0.29, 0.717) is 11.1 Å². The molecule has 2 aromatic rings. The number of amides is 1. The van der Waals surface area contributed by atoms with Gasteiger partial charge in [0, 0.05) is 18.5 Å². The first-order valence-electron chi connectivity index (χ1n) is 8.34. The number of carbonyl (C=O) groups is 2. The maximum absolute atomic E-state index is 12.6. The molecule has 0 fully saturated rings. The van der Waals surface area contributed by atoms with Crippen LogP contribution in [0.25, 0.3) is 0 Å². The second kappa shape index (κ2) is 7.50. The Morgan fingerprint density at radius 2 is 1.74 bits per heavy atom. The first-order valence-corrected chi connectivity index (χ1v) is 10.2. The quantitative estimate of drug-likeness (QED) is 0.775. The zero-order valence-electron chi connectivity index (χ0n) is 14.8. The molecule has 0 aliphatic carbocycles. The van der Waals surface area contributed by atoms with Gasteiger partial charge in [0.2, 0.25) is 15.9 Å². The van der Waals surface area contributed by atoms with Gasteiger partial charge in [-0.05, 0) is 28.8 Å². The van der Waals surface area contributed by atoms with Gasteiger partial charge in [-0.15, -0.1) is 0 Å². The van der Waals surface area contributed by atoms with Gasteiger partial charge in [0.25, 0.3) is 0 Å². The van der Waals surface area contributed by atoms with Crippen molar-refractivity contribution in [2.24, 2.45) is 5.73 Å². The van der Waals surface area contributed by atoms with Crippen LogP contribution in [0, 0.1) is 0 Å². The van der Waals surface area contributed by atoms with E-state index in [4.69, 9.17) is 10.5 Å². The molecule has 0 saturated carbocycles. The Hall–Kier alpha value is -2.71. The molecule has 1 unspecified atom stereocenters. The summed E-state index contributed by atoms with van der Waals surface area (Å²) in [5.74, 6) is -1.14. The van der Waals surface area contributed by atoms with E-state index >= 15 is 0 Å². The fraction of sp³-hybridized carbons (Fsp3) is 0.263. The van der Waals surface area contributed by atoms with Crippen LogP contribution in [0.5, 0.6) is 0 Å². The van der Waals surface area contributed by atoms with Crippen molar-refractivity contribution in [1.29, 1.82) is 0 Å². The number of rotatable bonds is 5. The lowest BCUT2D eigenvalue weighted by molar-refractivity contribution is -0.150. The van der Waals surface area contributed by atoms with Crippen molar-refractivity contribution in [3.63, 3.8) is 0 Å². The number of nitrogens with two attached hydrogens (primary N) is 1. The van der Waals surface area contributed by atoms with E-state index in [0.717, 1.165) is 17.4 Å². The second-order valence-corrected chi connectivity index (χ2v) is 8.40. The number of primary amides is 1. The minimum absolute atomic E-state index is 0.0202. The van der Waals surface area contributed by atoms with Gasteiger partial charge in [-0.2, -0.15) is 4.31 Å². The van der Waals surface area contributed by atoms with Crippen LogP contribution in [0.4, 0.5) is 0 Å². The summed E-state index contributed by atoms with van der Waals surface area (Å²) in [6.07, 6.45) is 1.35. The van der Waals surface area contributed by atoms with Gasteiger partial charge in [-0.3, -0.25) is 9.59 Å². The normalized spacial score (nSPS) is 17.1. The molecule has 3 rings (SSSR count). The van der Waals surface area contributed by atoms with Gasteiger partial charge >= 0.3 is 5.97 Å². The van der Waals surface area contributed by atoms with Gasteiger partial charge in [-0.1, -0.05) is 36.4 Å². The van der Waals surface area contributed by atoms with E-state index in [1.54, 1.807) is 24.3 Å². The summed E-state index contributed by atoms with van der Waals surface area (Å²) in [7, 11) is -3.58. The summed E-state index contributed by atoms with van der Waals surface area (Å²) in [4.78, 5) is 23.7. The molecule has 1 atom stereocenters. The number of ether oxygens (including phenoxy) is 1. The molecule has 0 spiro atoms. The topological polar surface area (TPSA) is 107 Å². The lowest BCUT2D eigenvalue weighted by atomic mass is 9.96. The van der Waals surface area contributed by atoms with E-state index in [1.807, 2.05) is 24.3 Å². The Labute approximate surface area is 157 Å². The first-order chi connectivity index (χ1) is 12.8. The molecule has 8 heteroatoms. The monoisotopic (exact) mass is 388 g/mol. The van der Waals surface area contributed by atoms with Crippen LogP contribution in [-0.4, -0.2) is 36.9 Å². The minimum atomic E-state index is -3.58. The summed E-state index contributed by atoms with van der Waals surface area (Å²) in [5, 5.41) is 0. The number of hydrogen-bond acceptors (Lipinski definition) is 5. The molecule has 142 valence electrons. The molecule has 2 N–H and O–H groups in total. The second-order valence-electron chi connectivity index (χ2n) is 6.47. The van der Waals surface area contributed by atoms with Crippen LogP contribution >= 0.6 is 0 Å². The van der Waals surface area contributed by atoms with Crippen molar-refractivity contribution in [2.75, 3.05) is 6.26 Å². The van der Waals surface area contributed by atoms with Crippen molar-refractivity contribution in [3.05, 3.63) is 70.8 Å². The SMILES string of the molecule is CS(=O)(=O)N1Cc2ccccc2CC1C(=O)OCc1ccc(C(N)=O)cc1. The zero-order chi connectivity index (χ0) is 19.6. The number of fused-ring (bicyclic) bond motifs is 1. The first kappa shape index (κ1) is 19.1. The highest BCUT2D eigenvalue weighted by Gasteiger charge is 2.37. The van der Waals surface area contributed by atoms with Crippen LogP contribution in [0.15, 0.2) is 48.5 Å². The van der Waals surface area contributed by atoms with Gasteiger partial charge < -0.3 is 10.5 Å². The third kappa shape index (κ3) is 4.35. The molecule has 0 radical (unpaired) electrons. The summed E-state index contributed by atoms with van der Waals surface area (Å²) in [5.41, 5.74) is 8.05. The number of carbonyl (C=O) groups excluding carboxylic acids is 2. The number of nitrogens with zero attached hydrogens (tertiary/aromatic N) is 1. The lowest BCUT2D eigenvalue weighted by Gasteiger charge is -2.33. The van der Waals surface area contributed by atoms with Gasteiger partial charge in [0.05, 0.1) is 6.26 Å². The van der Waals surface area contributed by atoms with E-state index in [9.17, 15) is 18.0 Å². The number of hydrogen-bond donors (Lipinski definition) is 1. The maximum atomic E-state index is 12.6. The Bertz CT molecular complexity index is 970. The number of benzene rings is 2. The van der Waals surface area contributed by atoms with E-state index < -0.39 is 27.9 Å². The number of sulfonamides is 1. The van der Waals surface area contributed by atoms with Crippen molar-refractivity contribution in [2.45, 2.75) is 25.6 Å². The van der Waals surface area contributed by atoms with E-state index in [-0.39, 0.29) is 19.6 Å². The van der Waals surface area contributed by atoms with Crippen LogP contribution in [0.1, 0.15) is 27.0 Å². The fourth-order valence-electron chi connectivity index (χ4n) is 3.06. The van der Waals surface area contributed by atoms with Crippen LogP contribution < -0.4 is 5.73 Å². The van der Waals surface area contributed by atoms with Crippen LogP contribution in [0.2, 0.25) is 0 Å². The lowest BCUT2D eigenvalue weighted by Crippen LogP contribution is -2.48. The molecule has 1 amide bonds. The van der Waals surface area contributed by atoms with Crippen molar-refractivity contribution >= 4 is 21.9 Å². The highest BCUT2D eigenvalue weighted by atomic mass is 32.2. The van der Waals surface area contributed by atoms with Crippen molar-refractivity contribution in [3.8, 4) is 0 Å². The molecule has 0 bridgehead atoms. The number of esters is 1. The average Bonchev–Trinajstić information content (AvgIpc) is 2.64. The molecule has 27 heavy (non-hydrogen) atoms. The molecule has 1 aliphatic rings. The minimum Gasteiger partial charge on any atom is -0.460 e. The fourth-order valence-corrected chi connectivity index (χ4v) is 4.06. The zero-order valence-corrected chi connectivity index (χ0v) is 15.6. The Morgan fingerprint density at radius 1 is 1.11 bits per heavy atom. The predicted molar refractivity (Wildman–Crippen MR) is 99.1 cm³/mol. The van der Waals surface area contributed by atoms with E-state index in [1.165, 1.54) is 4.31 Å². The van der Waals surface area contributed by atoms with Crippen molar-refractivity contribution in [1.82, 2.24) is 4.31 Å². The standard InChI is InChI=1S/C19H20N2O5S/c1-27(24,25)21-11-16-5-3-2-4-15(16)10-17(21)19(23)26-12-13-6-8-14(9-7-13)18(20)22/h2-9,17H,10-12H2,1H3,(H2,20,22). The molecule has 1 heterocycles. The Balaban J connectivity index is 1.74. The highest BCUT2D eigenvalue weighted by Crippen LogP contribution is 2.26. The Kier molecular flexibility index (Phi) is 5.29. The maximum Gasteiger partial charge on any atom is 0.325 e. The third-order valence-corrected chi connectivity index (χ3v) is 5.76. The largest absolute Gasteiger partial charge is 0.460 e. The average molecular weight is 388 g/mol. The van der Waals surface area contributed by atoms with Gasteiger partial charge in [0.15, 0.2) is 0 Å². The van der Waals surface area contributed by atoms with Gasteiger partial charge in [-0.25, -0.2) is 8.42 Å². The van der Waals surface area contributed by atoms with Gasteiger partial charge in [0.1, 0.15) is 12.6 Å². The molecule has 0 aromatic heterocycles. The summed E-state index contributed by atoms with van der Waals surface area (Å²) < 4.78 is 30.8.